The summed E-state index contributed by atoms with van der Waals surface area (Å²) in [7, 11) is 0. The van der Waals surface area contributed by atoms with Crippen molar-refractivity contribution in [2.75, 3.05) is 18.8 Å². The van der Waals surface area contributed by atoms with Gasteiger partial charge in [0.15, 0.2) is 0 Å². The predicted octanol–water partition coefficient (Wildman–Crippen LogP) is 3.60. The fourth-order valence-electron chi connectivity index (χ4n) is 1.46. The monoisotopic (exact) mass is 314 g/mol. The van der Waals surface area contributed by atoms with E-state index < -0.39 is 18.6 Å². The van der Waals surface area contributed by atoms with E-state index in [-0.39, 0.29) is 27.8 Å². The number of anilines is 1. The van der Waals surface area contributed by atoms with Crippen molar-refractivity contribution in [1.29, 1.82) is 0 Å². The molecule has 106 valence electrons. The molecule has 1 amide bonds. The largest absolute Gasteiger partial charge is 0.406 e. The van der Waals surface area contributed by atoms with E-state index in [4.69, 9.17) is 28.9 Å². The highest BCUT2D eigenvalue weighted by atomic mass is 35.5. The summed E-state index contributed by atoms with van der Waals surface area (Å²) < 4.78 is 37.0. The average Bonchev–Trinajstić information content (AvgIpc) is 2.30. The van der Waals surface area contributed by atoms with Crippen molar-refractivity contribution in [3.8, 4) is 0 Å². The molecule has 19 heavy (non-hydrogen) atoms. The molecule has 0 aromatic heterocycles. The summed E-state index contributed by atoms with van der Waals surface area (Å²) in [5.41, 5.74) is 5.53. The first-order valence-electron chi connectivity index (χ1n) is 5.26. The molecule has 0 unspecified atom stereocenters. The molecule has 0 aliphatic rings. The summed E-state index contributed by atoms with van der Waals surface area (Å²) in [6.45, 7) is 0.0332. The van der Waals surface area contributed by atoms with Crippen molar-refractivity contribution in [3.63, 3.8) is 0 Å². The maximum Gasteiger partial charge on any atom is 0.406 e. The molecule has 3 nitrogen and oxygen atoms in total. The van der Waals surface area contributed by atoms with Gasteiger partial charge in [-0.1, -0.05) is 23.2 Å². The van der Waals surface area contributed by atoms with Crippen molar-refractivity contribution in [1.82, 2.24) is 4.90 Å². The lowest BCUT2D eigenvalue weighted by Crippen LogP contribution is -2.38. The lowest BCUT2D eigenvalue weighted by Gasteiger charge is -2.22. The minimum Gasteiger partial charge on any atom is -0.397 e. The zero-order chi connectivity index (χ0) is 14.8. The van der Waals surface area contributed by atoms with Crippen LogP contribution < -0.4 is 5.73 Å². The summed E-state index contributed by atoms with van der Waals surface area (Å²) in [6, 6.07) is 2.40. The molecule has 0 saturated carbocycles. The Labute approximate surface area is 118 Å². The van der Waals surface area contributed by atoms with Crippen LogP contribution in [0, 0.1) is 0 Å². The van der Waals surface area contributed by atoms with E-state index in [0.717, 1.165) is 0 Å². The topological polar surface area (TPSA) is 46.3 Å². The Kier molecular flexibility index (Phi) is 4.92. The van der Waals surface area contributed by atoms with Crippen molar-refractivity contribution in [3.05, 3.63) is 27.7 Å². The molecule has 0 fully saturated rings. The number of carbonyl (C=O) groups is 1. The zero-order valence-electron chi connectivity index (χ0n) is 9.89. The molecule has 0 saturated heterocycles. The van der Waals surface area contributed by atoms with Crippen molar-refractivity contribution >= 4 is 34.8 Å². The van der Waals surface area contributed by atoms with Crippen molar-refractivity contribution in [2.24, 2.45) is 0 Å². The summed E-state index contributed by atoms with van der Waals surface area (Å²) in [5.74, 6) is -0.801. The van der Waals surface area contributed by atoms with Gasteiger partial charge >= 0.3 is 6.18 Å². The second-order valence-corrected chi connectivity index (χ2v) is 4.58. The van der Waals surface area contributed by atoms with Crippen LogP contribution in [0.5, 0.6) is 0 Å². The van der Waals surface area contributed by atoms with Crippen LogP contribution in [0.2, 0.25) is 10.0 Å². The molecule has 0 bridgehead atoms. The number of nitrogens with two attached hydrogens (primary N) is 1. The van der Waals surface area contributed by atoms with Gasteiger partial charge in [-0.2, -0.15) is 13.2 Å². The number of benzene rings is 1. The molecule has 0 radical (unpaired) electrons. The van der Waals surface area contributed by atoms with E-state index in [1.165, 1.54) is 19.1 Å². The summed E-state index contributed by atoms with van der Waals surface area (Å²) in [5, 5.41) is 0.0881. The number of rotatable bonds is 3. The minimum atomic E-state index is -4.46. The van der Waals surface area contributed by atoms with Crippen LogP contribution in [0.3, 0.4) is 0 Å². The van der Waals surface area contributed by atoms with Gasteiger partial charge in [0.25, 0.3) is 5.91 Å². The van der Waals surface area contributed by atoms with Crippen LogP contribution in [-0.2, 0) is 0 Å². The molecule has 0 heterocycles. The molecule has 0 spiro atoms. The third-order valence-electron chi connectivity index (χ3n) is 2.34. The third-order valence-corrected chi connectivity index (χ3v) is 3.16. The van der Waals surface area contributed by atoms with E-state index in [0.29, 0.717) is 4.90 Å². The standard InChI is InChI=1S/C11H11Cl2F3N2O/c1-2-18(5-11(14,15)16)10(19)6-3-7(12)9(13)8(17)4-6/h3-4H,2,5,17H2,1H3. The molecular weight excluding hydrogens is 304 g/mol. The SMILES string of the molecule is CCN(CC(F)(F)F)C(=O)c1cc(N)c(Cl)c(Cl)c1. The van der Waals surface area contributed by atoms with Gasteiger partial charge in [-0.15, -0.1) is 0 Å². The number of hydrogen-bond acceptors (Lipinski definition) is 2. The first-order chi connectivity index (χ1) is 8.65. The van der Waals surface area contributed by atoms with Gasteiger partial charge in [0.05, 0.1) is 15.7 Å². The molecule has 0 aliphatic carbocycles. The van der Waals surface area contributed by atoms with Gasteiger partial charge in [-0.05, 0) is 19.1 Å². The Bertz CT molecular complexity index is 468. The number of nitrogen functional groups attached to an aromatic ring is 1. The zero-order valence-corrected chi connectivity index (χ0v) is 11.4. The number of hydrogen-bond donors (Lipinski definition) is 1. The van der Waals surface area contributed by atoms with Gasteiger partial charge in [0, 0.05) is 12.1 Å². The van der Waals surface area contributed by atoms with Crippen LogP contribution in [0.25, 0.3) is 0 Å². The molecule has 1 aromatic rings. The highest BCUT2D eigenvalue weighted by Crippen LogP contribution is 2.30. The van der Waals surface area contributed by atoms with Crippen LogP contribution in [0.15, 0.2) is 12.1 Å². The van der Waals surface area contributed by atoms with E-state index >= 15 is 0 Å². The van der Waals surface area contributed by atoms with Crippen molar-refractivity contribution < 1.29 is 18.0 Å². The van der Waals surface area contributed by atoms with Crippen molar-refractivity contribution in [2.45, 2.75) is 13.1 Å². The van der Waals surface area contributed by atoms with Gasteiger partial charge in [0.1, 0.15) is 6.54 Å². The second kappa shape index (κ2) is 5.88. The van der Waals surface area contributed by atoms with E-state index in [2.05, 4.69) is 0 Å². The van der Waals surface area contributed by atoms with Gasteiger partial charge < -0.3 is 10.6 Å². The number of alkyl halides is 3. The normalized spacial score (nSPS) is 11.5. The number of carbonyl (C=O) groups excluding carboxylic acids is 1. The Morgan fingerprint density at radius 3 is 2.37 bits per heavy atom. The summed E-state index contributed by atoms with van der Waals surface area (Å²) in [4.78, 5) is 12.6. The van der Waals surface area contributed by atoms with Crippen LogP contribution in [0.1, 0.15) is 17.3 Å². The average molecular weight is 315 g/mol. The molecule has 1 rings (SSSR count). The molecule has 8 heteroatoms. The number of amides is 1. The lowest BCUT2D eigenvalue weighted by atomic mass is 10.1. The third kappa shape index (κ3) is 4.18. The van der Waals surface area contributed by atoms with Crippen LogP contribution in [0.4, 0.5) is 18.9 Å². The van der Waals surface area contributed by atoms with E-state index in [9.17, 15) is 18.0 Å². The first-order valence-corrected chi connectivity index (χ1v) is 6.02. The Balaban J connectivity index is 3.05. The van der Waals surface area contributed by atoms with Gasteiger partial charge in [0.2, 0.25) is 0 Å². The molecular formula is C11H11Cl2F3N2O. The Morgan fingerprint density at radius 2 is 1.95 bits per heavy atom. The predicted molar refractivity (Wildman–Crippen MR) is 68.5 cm³/mol. The number of nitrogens with zero attached hydrogens (tertiary/aromatic N) is 1. The van der Waals surface area contributed by atoms with E-state index in [1.807, 2.05) is 0 Å². The fraction of sp³-hybridized carbons (Fsp3) is 0.364. The maximum absolute atomic E-state index is 12.3. The molecule has 1 aromatic carbocycles. The molecule has 2 N–H and O–H groups in total. The quantitative estimate of drug-likeness (QED) is 0.866. The first kappa shape index (κ1) is 15.9. The van der Waals surface area contributed by atoms with Crippen LogP contribution >= 0.6 is 23.2 Å². The smallest absolute Gasteiger partial charge is 0.397 e. The summed E-state index contributed by atoms with van der Waals surface area (Å²) >= 11 is 11.5. The molecule has 0 aliphatic heterocycles. The number of halogens is 5. The van der Waals surface area contributed by atoms with Crippen LogP contribution in [-0.4, -0.2) is 30.1 Å². The Hall–Kier alpha value is -1.14. The Morgan fingerprint density at radius 1 is 1.37 bits per heavy atom. The highest BCUT2D eigenvalue weighted by Gasteiger charge is 2.32. The van der Waals surface area contributed by atoms with Gasteiger partial charge in [-0.3, -0.25) is 4.79 Å². The maximum atomic E-state index is 12.3. The second-order valence-electron chi connectivity index (χ2n) is 3.80. The van der Waals surface area contributed by atoms with E-state index in [1.54, 1.807) is 0 Å². The minimum absolute atomic E-state index is 0.0214. The molecule has 0 atom stereocenters. The summed E-state index contributed by atoms with van der Waals surface area (Å²) in [6.07, 6.45) is -4.46. The fourth-order valence-corrected chi connectivity index (χ4v) is 1.80. The highest BCUT2D eigenvalue weighted by molar-refractivity contribution is 6.43. The van der Waals surface area contributed by atoms with Gasteiger partial charge in [-0.25, -0.2) is 0 Å². The lowest BCUT2D eigenvalue weighted by molar-refractivity contribution is -0.140.